The third kappa shape index (κ3) is 3.17. The first kappa shape index (κ1) is 13.9. The average molecular weight is 293 g/mol. The van der Waals surface area contributed by atoms with E-state index in [-0.39, 0.29) is 5.91 Å². The number of imidazole rings is 1. The van der Waals surface area contributed by atoms with Crippen molar-refractivity contribution in [1.82, 2.24) is 24.8 Å². The SMILES string of the molecule is O=C(NCCn1ccnc1-c1ccccn1)c1ccncc1. The molecule has 0 aromatic carbocycles. The van der Waals surface area contributed by atoms with Gasteiger partial charge in [-0.3, -0.25) is 14.8 Å². The van der Waals surface area contributed by atoms with Gasteiger partial charge in [0.05, 0.1) is 0 Å². The smallest absolute Gasteiger partial charge is 0.251 e. The van der Waals surface area contributed by atoms with Crippen LogP contribution in [0.2, 0.25) is 0 Å². The first-order chi connectivity index (χ1) is 10.8. The summed E-state index contributed by atoms with van der Waals surface area (Å²) in [4.78, 5) is 24.5. The zero-order valence-electron chi connectivity index (χ0n) is 11.9. The lowest BCUT2D eigenvalue weighted by Gasteiger charge is -2.08. The molecule has 1 N–H and O–H groups in total. The van der Waals surface area contributed by atoms with Gasteiger partial charge in [-0.05, 0) is 24.3 Å². The molecular formula is C16H15N5O. The van der Waals surface area contributed by atoms with E-state index in [0.29, 0.717) is 18.7 Å². The van der Waals surface area contributed by atoms with E-state index in [9.17, 15) is 4.79 Å². The summed E-state index contributed by atoms with van der Waals surface area (Å²) in [7, 11) is 0. The lowest BCUT2D eigenvalue weighted by molar-refractivity contribution is 0.0952. The quantitative estimate of drug-likeness (QED) is 0.778. The van der Waals surface area contributed by atoms with Crippen molar-refractivity contribution in [2.75, 3.05) is 6.54 Å². The highest BCUT2D eigenvalue weighted by Gasteiger charge is 2.08. The van der Waals surface area contributed by atoms with Crippen LogP contribution in [0.5, 0.6) is 0 Å². The van der Waals surface area contributed by atoms with Crippen molar-refractivity contribution in [1.29, 1.82) is 0 Å². The molecule has 3 heterocycles. The molecule has 110 valence electrons. The number of rotatable bonds is 5. The molecule has 0 aliphatic carbocycles. The summed E-state index contributed by atoms with van der Waals surface area (Å²) in [5.41, 5.74) is 1.42. The third-order valence-electron chi connectivity index (χ3n) is 3.19. The number of hydrogen-bond acceptors (Lipinski definition) is 4. The zero-order valence-corrected chi connectivity index (χ0v) is 11.9. The van der Waals surface area contributed by atoms with E-state index < -0.39 is 0 Å². The average Bonchev–Trinajstić information content (AvgIpc) is 3.05. The first-order valence-electron chi connectivity index (χ1n) is 6.95. The lowest BCUT2D eigenvalue weighted by Crippen LogP contribution is -2.27. The Morgan fingerprint density at radius 1 is 1.05 bits per heavy atom. The van der Waals surface area contributed by atoms with Crippen molar-refractivity contribution in [3.05, 3.63) is 66.9 Å². The molecule has 0 atom stereocenters. The van der Waals surface area contributed by atoms with Crippen LogP contribution in [0.15, 0.2) is 61.3 Å². The molecule has 3 aromatic heterocycles. The molecule has 22 heavy (non-hydrogen) atoms. The summed E-state index contributed by atoms with van der Waals surface area (Å²) in [6.45, 7) is 1.14. The molecule has 0 fully saturated rings. The number of carbonyl (C=O) groups excluding carboxylic acids is 1. The number of nitrogens with zero attached hydrogens (tertiary/aromatic N) is 4. The van der Waals surface area contributed by atoms with Crippen molar-refractivity contribution < 1.29 is 4.79 Å². The summed E-state index contributed by atoms with van der Waals surface area (Å²) in [5.74, 6) is 0.681. The Morgan fingerprint density at radius 2 is 1.91 bits per heavy atom. The maximum Gasteiger partial charge on any atom is 0.251 e. The molecule has 0 saturated carbocycles. The lowest BCUT2D eigenvalue weighted by atomic mass is 10.2. The maximum atomic E-state index is 12.0. The standard InChI is InChI=1S/C16H15N5O/c22-16(13-4-7-17-8-5-13)20-10-12-21-11-9-19-15(21)14-3-1-2-6-18-14/h1-9,11H,10,12H2,(H,20,22). The normalized spacial score (nSPS) is 10.4. The topological polar surface area (TPSA) is 72.7 Å². The summed E-state index contributed by atoms with van der Waals surface area (Å²) in [6.07, 6.45) is 8.55. The van der Waals surface area contributed by atoms with Crippen LogP contribution in [-0.2, 0) is 6.54 Å². The molecule has 0 radical (unpaired) electrons. The summed E-state index contributed by atoms with van der Waals surface area (Å²) in [6, 6.07) is 9.07. The highest BCUT2D eigenvalue weighted by Crippen LogP contribution is 2.13. The van der Waals surface area contributed by atoms with Crippen LogP contribution >= 0.6 is 0 Å². The number of hydrogen-bond donors (Lipinski definition) is 1. The fourth-order valence-electron chi connectivity index (χ4n) is 2.11. The van der Waals surface area contributed by atoms with Crippen LogP contribution in [0.25, 0.3) is 11.5 Å². The van der Waals surface area contributed by atoms with Crippen molar-refractivity contribution in [3.63, 3.8) is 0 Å². The van der Waals surface area contributed by atoms with Crippen molar-refractivity contribution in [2.45, 2.75) is 6.54 Å². The molecule has 3 aromatic rings. The Labute approximate surface area is 127 Å². The Morgan fingerprint density at radius 3 is 2.68 bits per heavy atom. The van der Waals surface area contributed by atoms with E-state index in [1.165, 1.54) is 0 Å². The highest BCUT2D eigenvalue weighted by atomic mass is 16.1. The molecule has 0 aliphatic rings. The van der Waals surface area contributed by atoms with Gasteiger partial charge < -0.3 is 9.88 Å². The molecule has 1 amide bonds. The molecule has 0 saturated heterocycles. The maximum absolute atomic E-state index is 12.0. The van der Waals surface area contributed by atoms with Gasteiger partial charge in [-0.25, -0.2) is 4.98 Å². The van der Waals surface area contributed by atoms with E-state index in [1.807, 2.05) is 29.0 Å². The molecule has 0 bridgehead atoms. The van der Waals surface area contributed by atoms with Gasteiger partial charge in [0, 0.05) is 49.6 Å². The fraction of sp³-hybridized carbons (Fsp3) is 0.125. The monoisotopic (exact) mass is 293 g/mol. The number of aromatic nitrogens is 4. The second kappa shape index (κ2) is 6.62. The largest absolute Gasteiger partial charge is 0.350 e. The van der Waals surface area contributed by atoms with Gasteiger partial charge in [0.25, 0.3) is 5.91 Å². The van der Waals surface area contributed by atoms with Crippen LogP contribution < -0.4 is 5.32 Å². The van der Waals surface area contributed by atoms with Gasteiger partial charge in [0.2, 0.25) is 0 Å². The predicted octanol–water partition coefficient (Wildman–Crippen LogP) is 1.77. The van der Waals surface area contributed by atoms with Gasteiger partial charge in [0.1, 0.15) is 5.69 Å². The summed E-state index contributed by atoms with van der Waals surface area (Å²) < 4.78 is 1.97. The van der Waals surface area contributed by atoms with E-state index in [4.69, 9.17) is 0 Å². The summed E-state index contributed by atoms with van der Waals surface area (Å²) >= 11 is 0. The van der Waals surface area contributed by atoms with Gasteiger partial charge in [-0.1, -0.05) is 6.07 Å². The minimum Gasteiger partial charge on any atom is -0.350 e. The summed E-state index contributed by atoms with van der Waals surface area (Å²) in [5, 5.41) is 2.88. The minimum atomic E-state index is -0.109. The fourth-order valence-corrected chi connectivity index (χ4v) is 2.11. The third-order valence-corrected chi connectivity index (χ3v) is 3.19. The molecule has 0 spiro atoms. The zero-order chi connectivity index (χ0) is 15.2. The molecule has 6 heteroatoms. The highest BCUT2D eigenvalue weighted by molar-refractivity contribution is 5.93. The van der Waals surface area contributed by atoms with Crippen LogP contribution in [0.3, 0.4) is 0 Å². The second-order valence-corrected chi connectivity index (χ2v) is 4.65. The van der Waals surface area contributed by atoms with Crippen molar-refractivity contribution in [2.24, 2.45) is 0 Å². The number of carbonyl (C=O) groups is 1. The molecule has 6 nitrogen and oxygen atoms in total. The van der Waals surface area contributed by atoms with Crippen molar-refractivity contribution in [3.8, 4) is 11.5 Å². The Kier molecular flexibility index (Phi) is 4.20. The van der Waals surface area contributed by atoms with Crippen LogP contribution in [0.1, 0.15) is 10.4 Å². The number of nitrogens with one attached hydrogen (secondary N) is 1. The Bertz CT molecular complexity index is 739. The number of amides is 1. The van der Waals surface area contributed by atoms with E-state index >= 15 is 0 Å². The van der Waals surface area contributed by atoms with Crippen molar-refractivity contribution >= 4 is 5.91 Å². The number of pyridine rings is 2. The van der Waals surface area contributed by atoms with E-state index in [2.05, 4.69) is 20.3 Å². The first-order valence-corrected chi connectivity index (χ1v) is 6.95. The Balaban J connectivity index is 1.61. The molecule has 3 rings (SSSR count). The molecular weight excluding hydrogens is 278 g/mol. The second-order valence-electron chi connectivity index (χ2n) is 4.65. The van der Waals surface area contributed by atoms with Gasteiger partial charge >= 0.3 is 0 Å². The molecule has 0 aliphatic heterocycles. The minimum absolute atomic E-state index is 0.109. The van der Waals surface area contributed by atoms with Gasteiger partial charge in [-0.2, -0.15) is 0 Å². The van der Waals surface area contributed by atoms with Crippen LogP contribution in [0.4, 0.5) is 0 Å². The van der Waals surface area contributed by atoms with Gasteiger partial charge in [-0.15, -0.1) is 0 Å². The van der Waals surface area contributed by atoms with Gasteiger partial charge in [0.15, 0.2) is 5.82 Å². The predicted molar refractivity (Wildman–Crippen MR) is 82.0 cm³/mol. The van der Waals surface area contributed by atoms with Crippen LogP contribution in [-0.4, -0.2) is 32.0 Å². The van der Waals surface area contributed by atoms with Crippen LogP contribution in [0, 0.1) is 0 Å². The molecule has 0 unspecified atom stereocenters. The van der Waals surface area contributed by atoms with E-state index in [1.54, 1.807) is 36.9 Å². The van der Waals surface area contributed by atoms with E-state index in [0.717, 1.165) is 11.5 Å². The Hall–Kier alpha value is -3.02.